The number of fused-ring (bicyclic) bond motifs is 1. The summed E-state index contributed by atoms with van der Waals surface area (Å²) in [5.41, 5.74) is 4.79. The fourth-order valence-electron chi connectivity index (χ4n) is 6.50. The first-order valence-electron chi connectivity index (χ1n) is 16.2. The Morgan fingerprint density at radius 3 is 2.42 bits per heavy atom. The van der Waals surface area contributed by atoms with E-state index in [4.69, 9.17) is 21.1 Å². The van der Waals surface area contributed by atoms with Crippen LogP contribution in [0.2, 0.25) is 5.02 Å². The van der Waals surface area contributed by atoms with Crippen LogP contribution in [0.5, 0.6) is 0 Å². The number of piperidine rings is 1. The number of aliphatic hydroxyl groups excluding tert-OH is 1. The third-order valence-electron chi connectivity index (χ3n) is 9.24. The number of benzene rings is 4. The number of nitrogens with zero attached hydrogens (tertiary/aromatic N) is 3. The van der Waals surface area contributed by atoms with E-state index in [1.807, 2.05) is 97.1 Å². The average molecular weight is 665 g/mol. The van der Waals surface area contributed by atoms with Gasteiger partial charge in [-0.15, -0.1) is 0 Å². The molecule has 0 spiro atoms. The second-order valence-electron chi connectivity index (χ2n) is 12.5. The zero-order chi connectivity index (χ0) is 33.1. The topological polar surface area (TPSA) is 117 Å². The number of nitrogens with one attached hydrogen (secondary N) is 1. The summed E-state index contributed by atoms with van der Waals surface area (Å²) < 4.78 is 13.2. The van der Waals surface area contributed by atoms with Crippen LogP contribution in [0.1, 0.15) is 64.4 Å². The standard InChI is InChI=1S/C38H37ClN4O5/c39-29-14-12-28(13-15-29)38(46)16-18-43(19-17-38)23-31-21-35(26-10-8-25(24-44)9-11-26)48-37(47-31)27-4-3-5-30(20-27)41-36(45)34-22-40-32-6-1-2-7-33(32)42-34/h1-15,20,22,31,35,37,44,46H,16-19,21,23-24H2,(H,41,45). The van der Waals surface area contributed by atoms with Gasteiger partial charge >= 0.3 is 0 Å². The molecule has 2 aliphatic rings. The fraction of sp³-hybridized carbons (Fsp3) is 0.289. The van der Waals surface area contributed by atoms with Crippen molar-refractivity contribution in [3.8, 4) is 0 Å². The highest BCUT2D eigenvalue weighted by Crippen LogP contribution is 2.40. The van der Waals surface area contributed by atoms with Crippen LogP contribution < -0.4 is 5.32 Å². The molecular weight excluding hydrogens is 628 g/mol. The number of hydrogen-bond donors (Lipinski definition) is 3. The molecule has 4 aromatic carbocycles. The Morgan fingerprint density at radius 2 is 1.67 bits per heavy atom. The maximum absolute atomic E-state index is 13.1. The van der Waals surface area contributed by atoms with E-state index >= 15 is 0 Å². The summed E-state index contributed by atoms with van der Waals surface area (Å²) in [5.74, 6) is -0.362. The van der Waals surface area contributed by atoms with E-state index in [9.17, 15) is 15.0 Å². The van der Waals surface area contributed by atoms with Gasteiger partial charge in [0.1, 0.15) is 5.69 Å². The van der Waals surface area contributed by atoms with E-state index < -0.39 is 11.9 Å². The molecule has 10 heteroatoms. The van der Waals surface area contributed by atoms with Gasteiger partial charge in [0.05, 0.1) is 41.6 Å². The number of rotatable bonds is 8. The number of anilines is 1. The van der Waals surface area contributed by atoms with Gasteiger partial charge in [0, 0.05) is 42.3 Å². The van der Waals surface area contributed by atoms with Crippen LogP contribution in [0.25, 0.3) is 11.0 Å². The number of halogens is 1. The molecule has 7 rings (SSSR count). The zero-order valence-electron chi connectivity index (χ0n) is 26.3. The van der Waals surface area contributed by atoms with E-state index in [2.05, 4.69) is 20.2 Å². The number of hydrogen-bond acceptors (Lipinski definition) is 8. The van der Waals surface area contributed by atoms with Crippen molar-refractivity contribution in [3.05, 3.63) is 136 Å². The van der Waals surface area contributed by atoms with Gasteiger partial charge in [-0.2, -0.15) is 0 Å². The summed E-state index contributed by atoms with van der Waals surface area (Å²) in [4.78, 5) is 24.3. The maximum atomic E-state index is 13.1. The summed E-state index contributed by atoms with van der Waals surface area (Å²) in [6.07, 6.45) is 2.25. The van der Waals surface area contributed by atoms with Crippen molar-refractivity contribution in [1.29, 1.82) is 0 Å². The summed E-state index contributed by atoms with van der Waals surface area (Å²) in [5, 5.41) is 24.6. The molecule has 1 amide bonds. The van der Waals surface area contributed by atoms with Gasteiger partial charge in [-0.1, -0.05) is 72.3 Å². The SMILES string of the molecule is O=C(Nc1cccc(C2OC(CN3CCC(O)(c4ccc(Cl)cc4)CC3)CC(c3ccc(CO)cc3)O2)c1)c1cnc2ccccc2n1. The molecule has 2 aliphatic heterocycles. The smallest absolute Gasteiger partial charge is 0.275 e. The lowest BCUT2D eigenvalue weighted by Crippen LogP contribution is -2.46. The summed E-state index contributed by atoms with van der Waals surface area (Å²) >= 11 is 6.08. The Balaban J connectivity index is 1.07. The molecule has 2 fully saturated rings. The molecule has 0 bridgehead atoms. The van der Waals surface area contributed by atoms with E-state index in [1.54, 1.807) is 0 Å². The Kier molecular flexibility index (Phi) is 9.50. The highest BCUT2D eigenvalue weighted by atomic mass is 35.5. The molecule has 2 saturated heterocycles. The lowest BCUT2D eigenvalue weighted by atomic mass is 9.84. The highest BCUT2D eigenvalue weighted by molar-refractivity contribution is 6.30. The zero-order valence-corrected chi connectivity index (χ0v) is 27.1. The molecule has 0 radical (unpaired) electrons. The minimum atomic E-state index is -0.888. The van der Waals surface area contributed by atoms with Crippen LogP contribution in [-0.4, -0.2) is 56.7 Å². The maximum Gasteiger partial charge on any atom is 0.275 e. The lowest BCUT2D eigenvalue weighted by Gasteiger charge is -2.42. The van der Waals surface area contributed by atoms with Crippen LogP contribution in [0.4, 0.5) is 5.69 Å². The molecular formula is C38H37ClN4O5. The van der Waals surface area contributed by atoms with Crippen LogP contribution in [0.15, 0.2) is 103 Å². The van der Waals surface area contributed by atoms with Gasteiger partial charge in [0.2, 0.25) is 0 Å². The lowest BCUT2D eigenvalue weighted by molar-refractivity contribution is -0.253. The van der Waals surface area contributed by atoms with Crippen LogP contribution in [0.3, 0.4) is 0 Å². The average Bonchev–Trinajstić information content (AvgIpc) is 3.12. The van der Waals surface area contributed by atoms with Gasteiger partial charge in [0.25, 0.3) is 5.91 Å². The number of aromatic nitrogens is 2. The van der Waals surface area contributed by atoms with Crippen molar-refractivity contribution in [1.82, 2.24) is 14.9 Å². The molecule has 3 heterocycles. The minimum absolute atomic E-state index is 0.0270. The van der Waals surface area contributed by atoms with E-state index in [1.165, 1.54) is 6.20 Å². The van der Waals surface area contributed by atoms with Gasteiger partial charge in [-0.05, 0) is 65.9 Å². The van der Waals surface area contributed by atoms with Crippen molar-refractivity contribution in [3.63, 3.8) is 0 Å². The van der Waals surface area contributed by atoms with E-state index in [0.717, 1.165) is 40.9 Å². The third-order valence-corrected chi connectivity index (χ3v) is 9.49. The van der Waals surface area contributed by atoms with Gasteiger partial charge in [-0.3, -0.25) is 9.78 Å². The number of carbonyl (C=O) groups is 1. The Hall–Kier alpha value is -4.22. The minimum Gasteiger partial charge on any atom is -0.392 e. The van der Waals surface area contributed by atoms with Crippen LogP contribution in [0, 0.1) is 0 Å². The molecule has 3 atom stereocenters. The number of ether oxygens (including phenoxy) is 2. The van der Waals surface area contributed by atoms with E-state index in [-0.39, 0.29) is 30.4 Å². The Labute approximate surface area is 284 Å². The van der Waals surface area contributed by atoms with Crippen molar-refractivity contribution in [2.24, 2.45) is 0 Å². The van der Waals surface area contributed by atoms with Crippen molar-refractivity contribution < 1.29 is 24.5 Å². The number of carbonyl (C=O) groups excluding carboxylic acids is 1. The quantitative estimate of drug-likeness (QED) is 0.171. The molecule has 0 saturated carbocycles. The Bertz CT molecular complexity index is 1880. The van der Waals surface area contributed by atoms with Crippen molar-refractivity contribution in [2.75, 3.05) is 25.0 Å². The number of likely N-dealkylation sites (tertiary alicyclic amines) is 1. The fourth-order valence-corrected chi connectivity index (χ4v) is 6.63. The summed E-state index contributed by atoms with van der Waals surface area (Å²) in [6, 6.07) is 30.1. The van der Waals surface area contributed by atoms with Crippen LogP contribution in [-0.2, 0) is 21.7 Å². The molecule has 9 nitrogen and oxygen atoms in total. The predicted molar refractivity (Wildman–Crippen MR) is 183 cm³/mol. The second-order valence-corrected chi connectivity index (χ2v) is 12.9. The van der Waals surface area contributed by atoms with Gasteiger partial charge in [-0.25, -0.2) is 4.98 Å². The molecule has 3 unspecified atom stereocenters. The van der Waals surface area contributed by atoms with Gasteiger partial charge in [0.15, 0.2) is 6.29 Å². The molecule has 1 aromatic heterocycles. The second kappa shape index (κ2) is 14.1. The molecule has 246 valence electrons. The normalized spacial score (nSPS) is 21.2. The summed E-state index contributed by atoms with van der Waals surface area (Å²) in [7, 11) is 0. The Morgan fingerprint density at radius 1 is 0.917 bits per heavy atom. The van der Waals surface area contributed by atoms with Crippen LogP contribution >= 0.6 is 11.6 Å². The predicted octanol–water partition coefficient (Wildman–Crippen LogP) is 6.56. The largest absolute Gasteiger partial charge is 0.392 e. The van der Waals surface area contributed by atoms with Crippen molar-refractivity contribution in [2.45, 2.75) is 50.0 Å². The first-order valence-corrected chi connectivity index (χ1v) is 16.6. The molecule has 5 aromatic rings. The first-order chi connectivity index (χ1) is 23.3. The molecule has 3 N–H and O–H groups in total. The highest BCUT2D eigenvalue weighted by Gasteiger charge is 2.37. The van der Waals surface area contributed by atoms with Crippen molar-refractivity contribution >= 4 is 34.2 Å². The first kappa shape index (κ1) is 32.3. The number of amides is 1. The van der Waals surface area contributed by atoms with Gasteiger partial charge < -0.3 is 29.9 Å². The molecule has 0 aliphatic carbocycles. The molecule has 48 heavy (non-hydrogen) atoms. The number of para-hydroxylation sites is 2. The monoisotopic (exact) mass is 664 g/mol. The third kappa shape index (κ3) is 7.27. The summed E-state index contributed by atoms with van der Waals surface area (Å²) in [6.45, 7) is 2.10. The number of aliphatic hydroxyl groups is 2. The van der Waals surface area contributed by atoms with E-state index in [0.29, 0.717) is 42.0 Å².